The fourth-order valence-electron chi connectivity index (χ4n) is 1.96. The van der Waals surface area contributed by atoms with Crippen LogP contribution in [0, 0.1) is 6.92 Å². The maximum absolute atomic E-state index is 5.08. The van der Waals surface area contributed by atoms with Gasteiger partial charge in [0.1, 0.15) is 0 Å². The third-order valence-corrected chi connectivity index (χ3v) is 3.06. The minimum absolute atomic E-state index is 0.690. The first-order chi connectivity index (χ1) is 10.3. The van der Waals surface area contributed by atoms with Crippen LogP contribution < -0.4 is 10.6 Å². The molecule has 0 bridgehead atoms. The van der Waals surface area contributed by atoms with Crippen molar-refractivity contribution in [1.29, 1.82) is 0 Å². The second-order valence-corrected chi connectivity index (χ2v) is 5.09. The molecule has 1 rings (SSSR count). The van der Waals surface area contributed by atoms with E-state index in [0.29, 0.717) is 11.7 Å². The molecular weight excluding hydrogens is 266 g/mol. The Kier molecular flexibility index (Phi) is 9.24. The SMILES string of the molecule is CCCCCCNC(=NCCCc1nc(C)no1)NCC. The van der Waals surface area contributed by atoms with Crippen LogP contribution in [0.1, 0.15) is 57.7 Å². The van der Waals surface area contributed by atoms with Crippen molar-refractivity contribution >= 4 is 5.96 Å². The van der Waals surface area contributed by atoms with Crippen molar-refractivity contribution in [2.45, 2.75) is 59.3 Å². The summed E-state index contributed by atoms with van der Waals surface area (Å²) >= 11 is 0. The molecular formula is C15H29N5O. The van der Waals surface area contributed by atoms with E-state index in [4.69, 9.17) is 4.52 Å². The van der Waals surface area contributed by atoms with Crippen molar-refractivity contribution in [2.75, 3.05) is 19.6 Å². The zero-order valence-corrected chi connectivity index (χ0v) is 13.6. The number of nitrogens with zero attached hydrogens (tertiary/aromatic N) is 3. The van der Waals surface area contributed by atoms with Crippen molar-refractivity contribution in [3.63, 3.8) is 0 Å². The summed E-state index contributed by atoms with van der Waals surface area (Å²) < 4.78 is 5.08. The molecule has 120 valence electrons. The van der Waals surface area contributed by atoms with Crippen LogP contribution in [-0.4, -0.2) is 35.7 Å². The monoisotopic (exact) mass is 295 g/mol. The predicted octanol–water partition coefficient (Wildman–Crippen LogP) is 2.45. The van der Waals surface area contributed by atoms with Gasteiger partial charge in [-0.2, -0.15) is 4.98 Å². The lowest BCUT2D eigenvalue weighted by Crippen LogP contribution is -2.37. The van der Waals surface area contributed by atoms with Crippen LogP contribution in [-0.2, 0) is 6.42 Å². The number of aryl methyl sites for hydroxylation is 2. The van der Waals surface area contributed by atoms with Gasteiger partial charge in [-0.25, -0.2) is 0 Å². The van der Waals surface area contributed by atoms with Crippen LogP contribution in [0.4, 0.5) is 0 Å². The van der Waals surface area contributed by atoms with Crippen LogP contribution in [0.3, 0.4) is 0 Å². The number of nitrogens with one attached hydrogen (secondary N) is 2. The molecule has 6 heteroatoms. The first-order valence-corrected chi connectivity index (χ1v) is 8.07. The van der Waals surface area contributed by atoms with Gasteiger partial charge in [0.25, 0.3) is 0 Å². The van der Waals surface area contributed by atoms with E-state index in [1.54, 1.807) is 0 Å². The topological polar surface area (TPSA) is 75.3 Å². The summed E-state index contributed by atoms with van der Waals surface area (Å²) in [5.74, 6) is 2.28. The number of unbranched alkanes of at least 4 members (excludes halogenated alkanes) is 3. The zero-order chi connectivity index (χ0) is 15.3. The highest BCUT2D eigenvalue weighted by atomic mass is 16.5. The van der Waals surface area contributed by atoms with Crippen molar-refractivity contribution in [1.82, 2.24) is 20.8 Å². The van der Waals surface area contributed by atoms with E-state index in [1.807, 2.05) is 6.92 Å². The van der Waals surface area contributed by atoms with E-state index >= 15 is 0 Å². The second kappa shape index (κ2) is 11.1. The summed E-state index contributed by atoms with van der Waals surface area (Å²) in [6.07, 6.45) is 6.73. The molecule has 0 aliphatic heterocycles. The normalized spacial score (nSPS) is 11.7. The summed E-state index contributed by atoms with van der Waals surface area (Å²) in [5, 5.41) is 10.4. The fourth-order valence-corrected chi connectivity index (χ4v) is 1.96. The van der Waals surface area contributed by atoms with Crippen LogP contribution in [0.25, 0.3) is 0 Å². The maximum atomic E-state index is 5.08. The Bertz CT molecular complexity index is 403. The lowest BCUT2D eigenvalue weighted by molar-refractivity contribution is 0.372. The van der Waals surface area contributed by atoms with Crippen molar-refractivity contribution in [2.24, 2.45) is 4.99 Å². The molecule has 0 unspecified atom stereocenters. The van der Waals surface area contributed by atoms with Crippen molar-refractivity contribution in [3.05, 3.63) is 11.7 Å². The van der Waals surface area contributed by atoms with Gasteiger partial charge >= 0.3 is 0 Å². The first-order valence-electron chi connectivity index (χ1n) is 8.07. The highest BCUT2D eigenvalue weighted by Gasteiger charge is 2.02. The van der Waals surface area contributed by atoms with Gasteiger partial charge in [0.05, 0.1) is 0 Å². The van der Waals surface area contributed by atoms with Gasteiger partial charge in [-0.15, -0.1) is 0 Å². The van der Waals surface area contributed by atoms with Crippen molar-refractivity contribution in [3.8, 4) is 0 Å². The van der Waals surface area contributed by atoms with E-state index in [9.17, 15) is 0 Å². The largest absolute Gasteiger partial charge is 0.357 e. The Hall–Kier alpha value is -1.59. The molecule has 0 atom stereocenters. The molecule has 0 amide bonds. The van der Waals surface area contributed by atoms with Crippen LogP contribution in [0.15, 0.2) is 9.52 Å². The Morgan fingerprint density at radius 1 is 1.14 bits per heavy atom. The second-order valence-electron chi connectivity index (χ2n) is 5.09. The number of rotatable bonds is 10. The van der Waals surface area contributed by atoms with Gasteiger partial charge in [0.15, 0.2) is 11.8 Å². The molecule has 1 aromatic rings. The average Bonchev–Trinajstić information content (AvgIpc) is 2.88. The van der Waals surface area contributed by atoms with Gasteiger partial charge < -0.3 is 15.2 Å². The quantitative estimate of drug-likeness (QED) is 0.394. The summed E-state index contributed by atoms with van der Waals surface area (Å²) in [6.45, 7) is 8.75. The zero-order valence-electron chi connectivity index (χ0n) is 13.6. The number of hydrogen-bond acceptors (Lipinski definition) is 4. The molecule has 1 heterocycles. The Morgan fingerprint density at radius 3 is 2.67 bits per heavy atom. The first kappa shape index (κ1) is 17.5. The van der Waals surface area contributed by atoms with Gasteiger partial charge in [-0.1, -0.05) is 31.3 Å². The molecule has 0 aliphatic carbocycles. The predicted molar refractivity (Wildman–Crippen MR) is 85.5 cm³/mol. The molecule has 6 nitrogen and oxygen atoms in total. The minimum Gasteiger partial charge on any atom is -0.357 e. The lowest BCUT2D eigenvalue weighted by atomic mass is 10.2. The molecule has 0 fully saturated rings. The van der Waals surface area contributed by atoms with E-state index in [0.717, 1.165) is 38.4 Å². The van der Waals surface area contributed by atoms with Crippen LogP contribution in [0.2, 0.25) is 0 Å². The van der Waals surface area contributed by atoms with Gasteiger partial charge in [0.2, 0.25) is 5.89 Å². The molecule has 0 saturated carbocycles. The molecule has 21 heavy (non-hydrogen) atoms. The molecule has 2 N–H and O–H groups in total. The number of hydrogen-bond donors (Lipinski definition) is 2. The van der Waals surface area contributed by atoms with Crippen LogP contribution in [0.5, 0.6) is 0 Å². The van der Waals surface area contributed by atoms with E-state index in [1.165, 1.54) is 25.7 Å². The van der Waals surface area contributed by atoms with Crippen molar-refractivity contribution < 1.29 is 4.52 Å². The maximum Gasteiger partial charge on any atom is 0.226 e. The third-order valence-electron chi connectivity index (χ3n) is 3.06. The molecule has 0 aromatic carbocycles. The fraction of sp³-hybridized carbons (Fsp3) is 0.800. The lowest BCUT2D eigenvalue weighted by Gasteiger charge is -2.10. The third kappa shape index (κ3) is 8.32. The number of guanidine groups is 1. The molecule has 0 radical (unpaired) electrons. The molecule has 1 aromatic heterocycles. The molecule has 0 spiro atoms. The van der Waals surface area contributed by atoms with Gasteiger partial charge in [-0.05, 0) is 26.7 Å². The number of aromatic nitrogens is 2. The van der Waals surface area contributed by atoms with E-state index < -0.39 is 0 Å². The van der Waals surface area contributed by atoms with Gasteiger partial charge in [0, 0.05) is 26.1 Å². The Morgan fingerprint density at radius 2 is 2.00 bits per heavy atom. The number of aliphatic imine (C=N–C) groups is 1. The summed E-state index contributed by atoms with van der Waals surface area (Å²) in [5.41, 5.74) is 0. The van der Waals surface area contributed by atoms with Gasteiger partial charge in [-0.3, -0.25) is 4.99 Å². The summed E-state index contributed by atoms with van der Waals surface area (Å²) in [7, 11) is 0. The van der Waals surface area contributed by atoms with E-state index in [-0.39, 0.29) is 0 Å². The highest BCUT2D eigenvalue weighted by Crippen LogP contribution is 2.00. The summed E-state index contributed by atoms with van der Waals surface area (Å²) in [4.78, 5) is 8.74. The minimum atomic E-state index is 0.690. The summed E-state index contributed by atoms with van der Waals surface area (Å²) in [6, 6.07) is 0. The Labute approximate surface area is 127 Å². The molecule has 0 aliphatic rings. The van der Waals surface area contributed by atoms with E-state index in [2.05, 4.69) is 39.6 Å². The van der Waals surface area contributed by atoms with Crippen LogP contribution >= 0.6 is 0 Å². The standard InChI is InChI=1S/C15H29N5O/c1-4-6-7-8-11-17-15(16-5-2)18-12-9-10-14-19-13(3)20-21-14/h4-12H2,1-3H3,(H2,16,17,18). The molecule has 0 saturated heterocycles. The Balaban J connectivity index is 2.20. The highest BCUT2D eigenvalue weighted by molar-refractivity contribution is 5.79. The average molecular weight is 295 g/mol. The smallest absolute Gasteiger partial charge is 0.226 e.